The van der Waals surface area contributed by atoms with Crippen molar-refractivity contribution in [2.45, 2.75) is 31.4 Å². The number of alkyl halides is 3. The first-order valence-electron chi connectivity index (χ1n) is 11.3. The second-order valence-corrected chi connectivity index (χ2v) is 8.44. The summed E-state index contributed by atoms with van der Waals surface area (Å²) >= 11 is 0. The van der Waals surface area contributed by atoms with Crippen molar-refractivity contribution < 1.29 is 22.7 Å². The summed E-state index contributed by atoms with van der Waals surface area (Å²) in [5.74, 6) is 0.519. The summed E-state index contributed by atoms with van der Waals surface area (Å²) in [6, 6.07) is 13.8. The molecule has 184 valence electrons. The predicted octanol–water partition coefficient (Wildman–Crippen LogP) is 5.02. The average Bonchev–Trinajstić information content (AvgIpc) is 3.51. The Labute approximate surface area is 203 Å². The lowest BCUT2D eigenvalue weighted by Crippen LogP contribution is -2.28. The van der Waals surface area contributed by atoms with E-state index in [0.717, 1.165) is 23.3 Å². The van der Waals surface area contributed by atoms with E-state index < -0.39 is 17.2 Å². The highest BCUT2D eigenvalue weighted by Gasteiger charge is 2.51. The van der Waals surface area contributed by atoms with Crippen LogP contribution in [0.5, 0.6) is 5.88 Å². The monoisotopic (exact) mass is 494 g/mol. The summed E-state index contributed by atoms with van der Waals surface area (Å²) in [5, 5.41) is 16.9. The fraction of sp³-hybridized carbons (Fsp3) is 0.240. The Bertz CT molecular complexity index is 1380. The highest BCUT2D eigenvalue weighted by molar-refractivity contribution is 6.02. The van der Waals surface area contributed by atoms with Gasteiger partial charge in [0.15, 0.2) is 5.82 Å². The number of ether oxygens (including phenoxy) is 1. The summed E-state index contributed by atoms with van der Waals surface area (Å²) < 4.78 is 45.0. The number of rotatable bonds is 7. The van der Waals surface area contributed by atoms with E-state index >= 15 is 0 Å². The number of benzene rings is 2. The number of nitrogens with one attached hydrogen (secondary N) is 2. The van der Waals surface area contributed by atoms with E-state index in [1.54, 1.807) is 36.5 Å². The lowest BCUT2D eigenvalue weighted by molar-refractivity contribution is -0.137. The number of carbonyl (C=O) groups excluding carboxylic acids is 1. The van der Waals surface area contributed by atoms with E-state index in [9.17, 15) is 18.0 Å². The minimum atomic E-state index is -4.48. The van der Waals surface area contributed by atoms with E-state index in [2.05, 4.69) is 30.9 Å². The molecule has 0 radical (unpaired) electrons. The van der Waals surface area contributed by atoms with Crippen LogP contribution in [-0.2, 0) is 16.4 Å². The topological polar surface area (TPSA) is 106 Å². The number of carbonyl (C=O) groups is 1. The molecule has 1 aliphatic carbocycles. The van der Waals surface area contributed by atoms with Gasteiger partial charge in [-0.3, -0.25) is 4.79 Å². The maximum Gasteiger partial charge on any atom is 0.416 e. The molecule has 1 amide bonds. The molecule has 2 N–H and O–H groups in total. The van der Waals surface area contributed by atoms with Gasteiger partial charge < -0.3 is 10.1 Å². The molecule has 11 heteroatoms. The second-order valence-electron chi connectivity index (χ2n) is 8.44. The number of anilines is 1. The number of aromatic amines is 1. The zero-order chi connectivity index (χ0) is 25.3. The van der Waals surface area contributed by atoms with Crippen LogP contribution in [0.2, 0.25) is 0 Å². The van der Waals surface area contributed by atoms with Crippen molar-refractivity contribution in [1.29, 1.82) is 0 Å². The minimum absolute atomic E-state index is 0.353. The van der Waals surface area contributed by atoms with Crippen LogP contribution in [0.1, 0.15) is 30.9 Å². The van der Waals surface area contributed by atoms with Gasteiger partial charge in [-0.15, -0.1) is 5.10 Å². The molecule has 0 saturated heterocycles. The number of nitrogens with zero attached hydrogens (tertiary/aromatic N) is 4. The third kappa shape index (κ3) is 4.51. The van der Waals surface area contributed by atoms with Gasteiger partial charge in [0.1, 0.15) is 0 Å². The predicted molar refractivity (Wildman–Crippen MR) is 125 cm³/mol. The molecule has 2 aromatic heterocycles. The van der Waals surface area contributed by atoms with Crippen LogP contribution in [0.3, 0.4) is 0 Å². The van der Waals surface area contributed by atoms with Crippen LogP contribution in [0, 0.1) is 0 Å². The first-order valence-corrected chi connectivity index (χ1v) is 11.3. The van der Waals surface area contributed by atoms with Crippen LogP contribution in [0.25, 0.3) is 22.5 Å². The molecule has 0 spiro atoms. The molecule has 4 aromatic rings. The molecular formula is C25H21F3N6O2. The first kappa shape index (κ1) is 23.5. The molecule has 0 bridgehead atoms. The smallest absolute Gasteiger partial charge is 0.416 e. The number of halogens is 3. The van der Waals surface area contributed by atoms with E-state index in [-0.39, 0.29) is 5.91 Å². The van der Waals surface area contributed by atoms with Crippen LogP contribution >= 0.6 is 0 Å². The summed E-state index contributed by atoms with van der Waals surface area (Å²) in [6.45, 7) is 2.37. The normalized spacial score (nSPS) is 14.3. The number of H-pyrrole nitrogens is 1. The standard InChI is InChI=1S/C25H21F3N6O2/c1-2-36-21-9-6-15(14-29-21)19-8-7-18(13-20(19)22-31-33-34-32-22)30-23(35)24(10-11-24)16-4-3-5-17(12-16)25(26,27)28/h3-9,12-14H,2,10-11H2,1H3,(H,30,35)(H,31,32,33,34). The van der Waals surface area contributed by atoms with E-state index in [1.807, 2.05) is 13.0 Å². The Kier molecular flexibility index (Phi) is 5.91. The SMILES string of the molecule is CCOc1ccc(-c2ccc(NC(=O)C3(c4cccc(C(F)(F)F)c4)CC3)cc2-c2nnn[nH]2)cn1. The Hall–Kier alpha value is -4.28. The van der Waals surface area contributed by atoms with Crippen molar-refractivity contribution in [2.75, 3.05) is 11.9 Å². The summed E-state index contributed by atoms with van der Waals surface area (Å²) in [5.41, 5.74) is 1.22. The van der Waals surface area contributed by atoms with Crippen LogP contribution < -0.4 is 10.1 Å². The Morgan fingerprint density at radius 3 is 2.58 bits per heavy atom. The maximum atomic E-state index is 13.2. The number of aromatic nitrogens is 5. The van der Waals surface area contributed by atoms with Crippen LogP contribution in [-0.4, -0.2) is 38.1 Å². The van der Waals surface area contributed by atoms with Crippen molar-refractivity contribution in [3.05, 3.63) is 71.9 Å². The zero-order valence-corrected chi connectivity index (χ0v) is 19.1. The molecule has 0 unspecified atom stereocenters. The van der Waals surface area contributed by atoms with Gasteiger partial charge in [0.2, 0.25) is 11.8 Å². The average molecular weight is 494 g/mol. The van der Waals surface area contributed by atoms with Gasteiger partial charge in [0.25, 0.3) is 0 Å². The van der Waals surface area contributed by atoms with Crippen molar-refractivity contribution in [2.24, 2.45) is 0 Å². The number of hydrogen-bond donors (Lipinski definition) is 2. The first-order chi connectivity index (χ1) is 17.3. The Morgan fingerprint density at radius 1 is 1.11 bits per heavy atom. The molecule has 0 aliphatic heterocycles. The third-order valence-electron chi connectivity index (χ3n) is 6.14. The Balaban J connectivity index is 1.45. The number of amides is 1. The lowest BCUT2D eigenvalue weighted by atomic mass is 9.93. The summed E-state index contributed by atoms with van der Waals surface area (Å²) in [6.07, 6.45) is -1.88. The number of tetrazole rings is 1. The summed E-state index contributed by atoms with van der Waals surface area (Å²) in [7, 11) is 0. The van der Waals surface area contributed by atoms with Gasteiger partial charge in [-0.05, 0) is 65.6 Å². The molecular weight excluding hydrogens is 473 g/mol. The number of pyridine rings is 1. The van der Waals surface area contributed by atoms with Crippen molar-refractivity contribution in [1.82, 2.24) is 25.6 Å². The van der Waals surface area contributed by atoms with Crippen LogP contribution in [0.15, 0.2) is 60.8 Å². The van der Waals surface area contributed by atoms with Gasteiger partial charge >= 0.3 is 6.18 Å². The van der Waals surface area contributed by atoms with Gasteiger partial charge in [-0.25, -0.2) is 10.1 Å². The minimum Gasteiger partial charge on any atom is -0.478 e. The molecule has 5 rings (SSSR count). The van der Waals surface area contributed by atoms with Gasteiger partial charge in [0.05, 0.1) is 17.6 Å². The van der Waals surface area contributed by atoms with Crippen molar-refractivity contribution in [3.8, 4) is 28.4 Å². The number of hydrogen-bond acceptors (Lipinski definition) is 6. The molecule has 2 heterocycles. The van der Waals surface area contributed by atoms with Gasteiger partial charge in [-0.2, -0.15) is 13.2 Å². The molecule has 2 aromatic carbocycles. The highest BCUT2D eigenvalue weighted by atomic mass is 19.4. The fourth-order valence-electron chi connectivity index (χ4n) is 4.13. The summed E-state index contributed by atoms with van der Waals surface area (Å²) in [4.78, 5) is 17.5. The van der Waals surface area contributed by atoms with Crippen molar-refractivity contribution in [3.63, 3.8) is 0 Å². The molecule has 0 atom stereocenters. The highest BCUT2D eigenvalue weighted by Crippen LogP contribution is 2.50. The van der Waals surface area contributed by atoms with Crippen molar-refractivity contribution >= 4 is 11.6 Å². The van der Waals surface area contributed by atoms with Crippen LogP contribution in [0.4, 0.5) is 18.9 Å². The third-order valence-corrected chi connectivity index (χ3v) is 6.14. The largest absolute Gasteiger partial charge is 0.478 e. The van der Waals surface area contributed by atoms with E-state index in [1.165, 1.54) is 6.07 Å². The molecule has 8 nitrogen and oxygen atoms in total. The van der Waals surface area contributed by atoms with Gasteiger partial charge in [-0.1, -0.05) is 24.3 Å². The quantitative estimate of drug-likeness (QED) is 0.374. The second kappa shape index (κ2) is 9.06. The maximum absolute atomic E-state index is 13.2. The van der Waals surface area contributed by atoms with Gasteiger partial charge in [0, 0.05) is 29.1 Å². The zero-order valence-electron chi connectivity index (χ0n) is 19.1. The van der Waals surface area contributed by atoms with E-state index in [4.69, 9.17) is 4.74 Å². The molecule has 1 saturated carbocycles. The molecule has 1 aliphatic rings. The van der Waals surface area contributed by atoms with E-state index in [0.29, 0.717) is 48.0 Å². The Morgan fingerprint density at radius 2 is 1.94 bits per heavy atom. The molecule has 36 heavy (non-hydrogen) atoms. The lowest BCUT2D eigenvalue weighted by Gasteiger charge is -2.18. The molecule has 1 fully saturated rings. The fourth-order valence-corrected chi connectivity index (χ4v) is 4.13.